The molecule has 2 rings (SSSR count). The molecule has 0 aromatic heterocycles. The Morgan fingerprint density at radius 1 is 1.05 bits per heavy atom. The first-order chi connectivity index (χ1) is 9.84. The van der Waals surface area contributed by atoms with Crippen LogP contribution in [0.1, 0.15) is 25.7 Å². The van der Waals surface area contributed by atoms with Crippen LogP contribution >= 0.6 is 0 Å². The van der Waals surface area contributed by atoms with E-state index in [-0.39, 0.29) is 6.04 Å². The SMILES string of the molecule is CN(c1ccccc1S(=O)(=O)N(C)C)C1CCC(N)CC1. The van der Waals surface area contributed by atoms with Crippen LogP contribution in [0.3, 0.4) is 0 Å². The van der Waals surface area contributed by atoms with Gasteiger partial charge >= 0.3 is 0 Å². The van der Waals surface area contributed by atoms with Crippen molar-refractivity contribution in [1.82, 2.24) is 4.31 Å². The summed E-state index contributed by atoms with van der Waals surface area (Å²) in [4.78, 5) is 2.47. The van der Waals surface area contributed by atoms with E-state index in [4.69, 9.17) is 5.73 Å². The van der Waals surface area contributed by atoms with Gasteiger partial charge in [-0.1, -0.05) is 12.1 Å². The van der Waals surface area contributed by atoms with Crippen molar-refractivity contribution in [3.05, 3.63) is 24.3 Å². The van der Waals surface area contributed by atoms with Gasteiger partial charge in [0.25, 0.3) is 0 Å². The van der Waals surface area contributed by atoms with E-state index in [0.29, 0.717) is 10.9 Å². The molecule has 0 aliphatic heterocycles. The van der Waals surface area contributed by atoms with Crippen molar-refractivity contribution < 1.29 is 8.42 Å². The van der Waals surface area contributed by atoms with Crippen molar-refractivity contribution >= 4 is 15.7 Å². The van der Waals surface area contributed by atoms with Gasteiger partial charge in [0.05, 0.1) is 5.69 Å². The summed E-state index contributed by atoms with van der Waals surface area (Å²) in [5.74, 6) is 0. The van der Waals surface area contributed by atoms with E-state index >= 15 is 0 Å². The summed E-state index contributed by atoms with van der Waals surface area (Å²) in [6.45, 7) is 0. The fourth-order valence-electron chi connectivity index (χ4n) is 2.85. The van der Waals surface area contributed by atoms with E-state index in [1.54, 1.807) is 26.2 Å². The number of hydrogen-bond donors (Lipinski definition) is 1. The fraction of sp³-hybridized carbons (Fsp3) is 0.600. The van der Waals surface area contributed by atoms with Crippen molar-refractivity contribution in [1.29, 1.82) is 0 Å². The lowest BCUT2D eigenvalue weighted by molar-refractivity contribution is 0.384. The number of nitrogens with two attached hydrogens (primary N) is 1. The lowest BCUT2D eigenvalue weighted by Gasteiger charge is -2.36. The minimum absolute atomic E-state index is 0.287. The van der Waals surface area contributed by atoms with E-state index in [9.17, 15) is 8.42 Å². The van der Waals surface area contributed by atoms with Gasteiger partial charge in [0.15, 0.2) is 0 Å². The van der Waals surface area contributed by atoms with Gasteiger partial charge in [-0.05, 0) is 37.8 Å². The van der Waals surface area contributed by atoms with Crippen molar-refractivity contribution in [3.8, 4) is 0 Å². The third-order valence-electron chi connectivity index (χ3n) is 4.29. The van der Waals surface area contributed by atoms with Gasteiger partial charge in [-0.3, -0.25) is 0 Å². The van der Waals surface area contributed by atoms with Gasteiger partial charge in [0.1, 0.15) is 4.90 Å². The molecule has 6 heteroatoms. The van der Waals surface area contributed by atoms with Gasteiger partial charge in [-0.2, -0.15) is 0 Å². The Bertz CT molecular complexity index is 578. The summed E-state index contributed by atoms with van der Waals surface area (Å²) >= 11 is 0. The smallest absolute Gasteiger partial charge is 0.244 e. The lowest BCUT2D eigenvalue weighted by Crippen LogP contribution is -2.39. The summed E-state index contributed by atoms with van der Waals surface area (Å²) in [5, 5.41) is 0. The second kappa shape index (κ2) is 6.34. The summed E-state index contributed by atoms with van der Waals surface area (Å²) in [6, 6.07) is 7.85. The van der Waals surface area contributed by atoms with Crippen molar-refractivity contribution in [2.24, 2.45) is 5.73 Å². The predicted octanol–water partition coefficient (Wildman–Crippen LogP) is 1.64. The summed E-state index contributed by atoms with van der Waals surface area (Å²) in [6.07, 6.45) is 4.01. The molecule has 0 unspecified atom stereocenters. The number of hydrogen-bond acceptors (Lipinski definition) is 4. The highest BCUT2D eigenvalue weighted by Crippen LogP contribution is 2.31. The minimum atomic E-state index is -3.44. The molecule has 1 aliphatic rings. The molecule has 0 heterocycles. The van der Waals surface area contributed by atoms with Crippen LogP contribution in [0.15, 0.2) is 29.2 Å². The van der Waals surface area contributed by atoms with Crippen LogP contribution < -0.4 is 10.6 Å². The largest absolute Gasteiger partial charge is 0.371 e. The first-order valence-electron chi connectivity index (χ1n) is 7.34. The average molecular weight is 311 g/mol. The molecular formula is C15H25N3O2S. The number of sulfonamides is 1. The van der Waals surface area contributed by atoms with Crippen molar-refractivity contribution in [2.75, 3.05) is 26.0 Å². The van der Waals surface area contributed by atoms with Crippen molar-refractivity contribution in [3.63, 3.8) is 0 Å². The molecule has 0 amide bonds. The van der Waals surface area contributed by atoms with E-state index in [2.05, 4.69) is 4.90 Å². The maximum Gasteiger partial charge on any atom is 0.244 e. The number of benzene rings is 1. The van der Waals surface area contributed by atoms with Gasteiger partial charge in [0, 0.05) is 33.2 Å². The van der Waals surface area contributed by atoms with E-state index in [1.807, 2.05) is 19.2 Å². The van der Waals surface area contributed by atoms with Gasteiger partial charge in [0.2, 0.25) is 10.0 Å². The summed E-state index contributed by atoms with van der Waals surface area (Å²) < 4.78 is 26.2. The first kappa shape index (κ1) is 16.3. The molecule has 0 radical (unpaired) electrons. The molecule has 1 aromatic rings. The second-order valence-electron chi connectivity index (χ2n) is 5.93. The van der Waals surface area contributed by atoms with E-state index in [1.165, 1.54) is 4.31 Å². The predicted molar refractivity (Wildman–Crippen MR) is 85.9 cm³/mol. The number of para-hydroxylation sites is 1. The molecule has 1 aliphatic carbocycles. The number of anilines is 1. The summed E-state index contributed by atoms with van der Waals surface area (Å²) in [7, 11) is 1.67. The van der Waals surface area contributed by atoms with Crippen LogP contribution in [0, 0.1) is 0 Å². The molecule has 0 saturated heterocycles. The lowest BCUT2D eigenvalue weighted by atomic mass is 9.91. The fourth-order valence-corrected chi connectivity index (χ4v) is 3.97. The quantitative estimate of drug-likeness (QED) is 0.918. The maximum absolute atomic E-state index is 12.5. The van der Waals surface area contributed by atoms with Crippen LogP contribution in [-0.2, 0) is 10.0 Å². The molecule has 0 bridgehead atoms. The Balaban J connectivity index is 2.32. The highest BCUT2D eigenvalue weighted by Gasteiger charge is 2.27. The van der Waals surface area contributed by atoms with Crippen LogP contribution in [-0.4, -0.2) is 45.9 Å². The molecule has 2 N–H and O–H groups in total. The third kappa shape index (κ3) is 3.39. The Labute approximate surface area is 127 Å². The van der Waals surface area contributed by atoms with Crippen LogP contribution in [0.25, 0.3) is 0 Å². The Morgan fingerprint density at radius 2 is 1.62 bits per heavy atom. The van der Waals surface area contributed by atoms with Gasteiger partial charge < -0.3 is 10.6 Å². The highest BCUT2D eigenvalue weighted by molar-refractivity contribution is 7.89. The molecule has 1 aromatic carbocycles. The van der Waals surface area contributed by atoms with Crippen LogP contribution in [0.5, 0.6) is 0 Å². The molecule has 5 nitrogen and oxygen atoms in total. The average Bonchev–Trinajstić information content (AvgIpc) is 2.47. The molecule has 0 atom stereocenters. The summed E-state index contributed by atoms with van der Waals surface area (Å²) in [5.41, 5.74) is 6.72. The molecule has 118 valence electrons. The highest BCUT2D eigenvalue weighted by atomic mass is 32.2. The maximum atomic E-state index is 12.5. The molecule has 0 spiro atoms. The molecule has 1 saturated carbocycles. The molecule has 1 fully saturated rings. The topological polar surface area (TPSA) is 66.6 Å². The van der Waals surface area contributed by atoms with Gasteiger partial charge in [-0.15, -0.1) is 0 Å². The Kier molecular flexibility index (Phi) is 4.91. The standard InChI is InChI=1S/C15H25N3O2S/c1-17(2)21(19,20)15-7-5-4-6-14(15)18(3)13-10-8-12(16)9-11-13/h4-7,12-13H,8-11,16H2,1-3H3. The number of nitrogens with zero attached hydrogens (tertiary/aromatic N) is 2. The van der Waals surface area contributed by atoms with E-state index < -0.39 is 10.0 Å². The van der Waals surface area contributed by atoms with Crippen LogP contribution in [0.2, 0.25) is 0 Å². The van der Waals surface area contributed by atoms with Crippen LogP contribution in [0.4, 0.5) is 5.69 Å². The monoisotopic (exact) mass is 311 g/mol. The molecule has 21 heavy (non-hydrogen) atoms. The third-order valence-corrected chi connectivity index (χ3v) is 6.16. The number of rotatable bonds is 4. The zero-order chi connectivity index (χ0) is 15.6. The zero-order valence-electron chi connectivity index (χ0n) is 13.0. The zero-order valence-corrected chi connectivity index (χ0v) is 13.8. The Hall–Kier alpha value is -1.11. The first-order valence-corrected chi connectivity index (χ1v) is 8.78. The second-order valence-corrected chi connectivity index (χ2v) is 8.05. The van der Waals surface area contributed by atoms with Crippen molar-refractivity contribution in [2.45, 2.75) is 42.7 Å². The normalized spacial score (nSPS) is 23.3. The Morgan fingerprint density at radius 3 is 2.19 bits per heavy atom. The molecular weight excluding hydrogens is 286 g/mol. The minimum Gasteiger partial charge on any atom is -0.371 e. The van der Waals surface area contributed by atoms with E-state index in [0.717, 1.165) is 31.4 Å². The van der Waals surface area contributed by atoms with Gasteiger partial charge in [-0.25, -0.2) is 12.7 Å².